The van der Waals surface area contributed by atoms with Crippen LogP contribution >= 0.6 is 39.9 Å². The highest BCUT2D eigenvalue weighted by atomic mass is 79.9. The predicted octanol–water partition coefficient (Wildman–Crippen LogP) is 6.15. The molecule has 1 aliphatic rings. The molecule has 8 heteroatoms. The number of carbonyl (C=O) groups is 1. The van der Waals surface area contributed by atoms with Crippen LogP contribution in [0.5, 0.6) is 11.5 Å². The maximum Gasteiger partial charge on any atom is 0.270 e. The van der Waals surface area contributed by atoms with Crippen molar-refractivity contribution in [3.05, 3.63) is 87.0 Å². The van der Waals surface area contributed by atoms with Gasteiger partial charge in [0, 0.05) is 6.20 Å². The van der Waals surface area contributed by atoms with Gasteiger partial charge < -0.3 is 9.47 Å². The summed E-state index contributed by atoms with van der Waals surface area (Å²) >= 11 is 10.3. The van der Waals surface area contributed by atoms with E-state index in [1.54, 1.807) is 18.2 Å². The molecule has 32 heavy (non-hydrogen) atoms. The van der Waals surface area contributed by atoms with Crippen molar-refractivity contribution >= 4 is 61.9 Å². The molecule has 0 radical (unpaired) electrons. The summed E-state index contributed by atoms with van der Waals surface area (Å²) in [6.45, 7) is 2.29. The van der Waals surface area contributed by atoms with E-state index < -0.39 is 0 Å². The van der Waals surface area contributed by atoms with E-state index in [9.17, 15) is 4.79 Å². The molecule has 0 bridgehead atoms. The number of aryl methyl sites for hydroxylation is 1. The van der Waals surface area contributed by atoms with Gasteiger partial charge in [-0.2, -0.15) is 0 Å². The minimum absolute atomic E-state index is 0.142. The van der Waals surface area contributed by atoms with E-state index in [1.165, 1.54) is 11.8 Å². The molecule has 1 fully saturated rings. The minimum Gasteiger partial charge on any atom is -0.493 e. The molecular weight excluding hydrogens is 508 g/mol. The maximum absolute atomic E-state index is 13.1. The number of amides is 1. The summed E-state index contributed by atoms with van der Waals surface area (Å²) in [4.78, 5) is 19.5. The smallest absolute Gasteiger partial charge is 0.270 e. The highest BCUT2D eigenvalue weighted by molar-refractivity contribution is 9.10. The molecular formula is C24H19BrN2O3S2. The fraction of sp³-hybridized carbons (Fsp3) is 0.125. The lowest BCUT2D eigenvalue weighted by Crippen LogP contribution is -2.27. The number of pyridine rings is 1. The van der Waals surface area contributed by atoms with Gasteiger partial charge in [-0.3, -0.25) is 14.7 Å². The van der Waals surface area contributed by atoms with Crippen molar-refractivity contribution in [3.8, 4) is 11.5 Å². The molecule has 1 amide bonds. The average molecular weight is 527 g/mol. The van der Waals surface area contributed by atoms with Gasteiger partial charge in [0.25, 0.3) is 5.91 Å². The van der Waals surface area contributed by atoms with Crippen molar-refractivity contribution < 1.29 is 14.3 Å². The topological polar surface area (TPSA) is 51.7 Å². The van der Waals surface area contributed by atoms with Crippen LogP contribution in [0.15, 0.2) is 70.2 Å². The van der Waals surface area contributed by atoms with Crippen LogP contribution in [0.25, 0.3) is 6.08 Å². The first-order chi connectivity index (χ1) is 15.5. The Kier molecular flexibility index (Phi) is 6.93. The van der Waals surface area contributed by atoms with E-state index in [-0.39, 0.29) is 5.91 Å². The van der Waals surface area contributed by atoms with E-state index in [4.69, 9.17) is 21.7 Å². The molecule has 1 aromatic heterocycles. The summed E-state index contributed by atoms with van der Waals surface area (Å²) in [5.41, 5.74) is 3.44. The van der Waals surface area contributed by atoms with Gasteiger partial charge in [0.1, 0.15) is 6.61 Å². The van der Waals surface area contributed by atoms with Gasteiger partial charge in [-0.15, -0.1) is 0 Å². The van der Waals surface area contributed by atoms with Crippen molar-refractivity contribution in [1.29, 1.82) is 0 Å². The molecule has 0 aliphatic carbocycles. The Labute approximate surface area is 204 Å². The van der Waals surface area contributed by atoms with Crippen molar-refractivity contribution in [2.45, 2.75) is 13.5 Å². The van der Waals surface area contributed by atoms with E-state index in [1.807, 2.05) is 67.6 Å². The molecule has 1 aliphatic heterocycles. The van der Waals surface area contributed by atoms with Crippen LogP contribution in [0.3, 0.4) is 0 Å². The normalized spacial score (nSPS) is 14.8. The zero-order valence-corrected chi connectivity index (χ0v) is 20.6. The lowest BCUT2D eigenvalue weighted by Gasteiger charge is -2.15. The Morgan fingerprint density at radius 3 is 2.75 bits per heavy atom. The van der Waals surface area contributed by atoms with E-state index >= 15 is 0 Å². The summed E-state index contributed by atoms with van der Waals surface area (Å²) < 4.78 is 12.7. The quantitative estimate of drug-likeness (QED) is 0.283. The van der Waals surface area contributed by atoms with Gasteiger partial charge in [0.15, 0.2) is 15.8 Å². The van der Waals surface area contributed by atoms with Crippen LogP contribution in [0, 0.1) is 6.92 Å². The van der Waals surface area contributed by atoms with Crippen LogP contribution < -0.4 is 14.4 Å². The maximum atomic E-state index is 13.1. The van der Waals surface area contributed by atoms with Crippen LogP contribution in [0.1, 0.15) is 16.8 Å². The molecule has 0 saturated carbocycles. The van der Waals surface area contributed by atoms with Gasteiger partial charge in [0.05, 0.1) is 27.9 Å². The zero-order chi connectivity index (χ0) is 22.7. The monoisotopic (exact) mass is 526 g/mol. The number of benzene rings is 2. The summed E-state index contributed by atoms with van der Waals surface area (Å²) in [5.74, 6) is 0.981. The number of anilines is 1. The third-order valence-electron chi connectivity index (χ3n) is 4.69. The first-order valence-electron chi connectivity index (χ1n) is 9.71. The van der Waals surface area contributed by atoms with Crippen molar-refractivity contribution in [1.82, 2.24) is 4.98 Å². The Bertz CT molecular complexity index is 1220. The SMILES string of the molecule is COc1cc(/C=C2\SC(=S)N(c3cccc(C)c3)C2=O)cc(Br)c1OCc1ccccn1. The first kappa shape index (κ1) is 22.5. The van der Waals surface area contributed by atoms with E-state index in [2.05, 4.69) is 20.9 Å². The Balaban J connectivity index is 1.59. The molecule has 2 aromatic carbocycles. The van der Waals surface area contributed by atoms with Gasteiger partial charge in [-0.1, -0.05) is 42.2 Å². The number of nitrogens with zero attached hydrogens (tertiary/aromatic N) is 2. The Hall–Kier alpha value is -2.68. The lowest BCUT2D eigenvalue weighted by molar-refractivity contribution is -0.113. The second-order valence-corrected chi connectivity index (χ2v) is 9.53. The molecule has 5 nitrogen and oxygen atoms in total. The predicted molar refractivity (Wildman–Crippen MR) is 136 cm³/mol. The fourth-order valence-corrected chi connectivity index (χ4v) is 5.07. The average Bonchev–Trinajstić information content (AvgIpc) is 3.06. The number of hydrogen-bond acceptors (Lipinski definition) is 6. The largest absolute Gasteiger partial charge is 0.493 e. The highest BCUT2D eigenvalue weighted by Crippen LogP contribution is 2.40. The second-order valence-electron chi connectivity index (χ2n) is 7.00. The van der Waals surface area contributed by atoms with Crippen molar-refractivity contribution in [2.24, 2.45) is 0 Å². The van der Waals surface area contributed by atoms with Crippen LogP contribution in [-0.4, -0.2) is 22.3 Å². The number of methoxy groups -OCH3 is 1. The number of carbonyl (C=O) groups excluding carboxylic acids is 1. The molecule has 0 spiro atoms. The van der Waals surface area contributed by atoms with Gasteiger partial charge in [-0.25, -0.2) is 0 Å². The van der Waals surface area contributed by atoms with Crippen molar-refractivity contribution in [3.63, 3.8) is 0 Å². The van der Waals surface area contributed by atoms with Crippen molar-refractivity contribution in [2.75, 3.05) is 12.0 Å². The highest BCUT2D eigenvalue weighted by Gasteiger charge is 2.33. The van der Waals surface area contributed by atoms with Crippen LogP contribution in [0.2, 0.25) is 0 Å². The summed E-state index contributed by atoms with van der Waals surface area (Å²) in [7, 11) is 1.58. The molecule has 4 rings (SSSR count). The molecule has 162 valence electrons. The number of rotatable bonds is 6. The van der Waals surface area contributed by atoms with E-state index in [0.29, 0.717) is 31.8 Å². The minimum atomic E-state index is -0.142. The molecule has 1 saturated heterocycles. The number of halogens is 1. The Morgan fingerprint density at radius 2 is 2.03 bits per heavy atom. The number of thioether (sulfide) groups is 1. The standard InChI is InChI=1S/C24H19BrN2O3S2/c1-15-6-5-8-18(10-15)27-23(28)21(32-24(27)31)13-16-11-19(25)22(20(12-16)29-2)30-14-17-7-3-4-9-26-17/h3-13H,14H2,1-2H3/b21-13-. The summed E-state index contributed by atoms with van der Waals surface area (Å²) in [6, 6.07) is 17.1. The fourth-order valence-electron chi connectivity index (χ4n) is 3.20. The zero-order valence-electron chi connectivity index (χ0n) is 17.4. The molecule has 0 N–H and O–H groups in total. The van der Waals surface area contributed by atoms with Crippen LogP contribution in [-0.2, 0) is 11.4 Å². The number of hydrogen-bond donors (Lipinski definition) is 0. The van der Waals surface area contributed by atoms with Crippen LogP contribution in [0.4, 0.5) is 5.69 Å². The number of thiocarbonyl (C=S) groups is 1. The molecule has 0 unspecified atom stereocenters. The van der Waals surface area contributed by atoms with Gasteiger partial charge in [0.2, 0.25) is 0 Å². The second kappa shape index (κ2) is 9.85. The van der Waals surface area contributed by atoms with Gasteiger partial charge >= 0.3 is 0 Å². The first-order valence-corrected chi connectivity index (χ1v) is 11.7. The van der Waals surface area contributed by atoms with Gasteiger partial charge in [-0.05, 0) is 76.5 Å². The lowest BCUT2D eigenvalue weighted by atomic mass is 10.1. The molecule has 3 aromatic rings. The molecule has 0 atom stereocenters. The Morgan fingerprint density at radius 1 is 1.19 bits per heavy atom. The third kappa shape index (κ3) is 4.87. The molecule has 2 heterocycles. The summed E-state index contributed by atoms with van der Waals surface area (Å²) in [5, 5.41) is 0. The summed E-state index contributed by atoms with van der Waals surface area (Å²) in [6.07, 6.45) is 3.53. The number of ether oxygens (including phenoxy) is 2. The number of aromatic nitrogens is 1. The third-order valence-corrected chi connectivity index (χ3v) is 6.58. The van der Waals surface area contributed by atoms with E-state index in [0.717, 1.165) is 22.5 Å².